The summed E-state index contributed by atoms with van der Waals surface area (Å²) in [5.74, 6) is -4.19. The van der Waals surface area contributed by atoms with Crippen LogP contribution in [0.3, 0.4) is 0 Å². The summed E-state index contributed by atoms with van der Waals surface area (Å²) in [5.41, 5.74) is 1.12. The Morgan fingerprint density at radius 2 is 1.17 bits per heavy atom. The second kappa shape index (κ2) is 15.1. The van der Waals surface area contributed by atoms with Crippen molar-refractivity contribution < 1.29 is 96.3 Å². The fourth-order valence-electron chi connectivity index (χ4n) is 5.43. The summed E-state index contributed by atoms with van der Waals surface area (Å²) in [7, 11) is -4.77. The molecule has 16 heteroatoms. The van der Waals surface area contributed by atoms with Crippen molar-refractivity contribution in [2.75, 3.05) is 11.5 Å². The molecule has 0 aliphatic rings. The number of aryl methyl sites for hydroxylation is 2. The SMILES string of the molecule is Cc1ccc2c(c1)c(=O)c1cc3c(cc1n2C(=O)C(C)CSOO[O-])c(=O)c1cc(C)ccc1n3C(=O)C(C)CS(=O)(=O)[O-].[Na+].[Na+]. The van der Waals surface area contributed by atoms with E-state index >= 15 is 0 Å². The van der Waals surface area contributed by atoms with Gasteiger partial charge >= 0.3 is 59.1 Å². The summed E-state index contributed by atoms with van der Waals surface area (Å²) in [6, 6.07) is 12.5. The van der Waals surface area contributed by atoms with Gasteiger partial charge in [-0.05, 0) is 50.2 Å². The maximum Gasteiger partial charge on any atom is 1.00 e. The molecular formula is C30H26N2Na2O10S2. The normalized spacial score (nSPS) is 13.0. The van der Waals surface area contributed by atoms with Gasteiger partial charge in [0.15, 0.2) is 10.9 Å². The van der Waals surface area contributed by atoms with E-state index in [2.05, 4.69) is 9.37 Å². The zero-order valence-corrected chi connectivity index (χ0v) is 31.6. The van der Waals surface area contributed by atoms with Crippen LogP contribution in [0.2, 0.25) is 0 Å². The molecule has 5 aromatic rings. The molecule has 3 aromatic carbocycles. The number of pyridine rings is 2. The van der Waals surface area contributed by atoms with E-state index in [1.54, 1.807) is 57.2 Å². The average Bonchev–Trinajstić information content (AvgIpc) is 2.96. The molecular weight excluding hydrogens is 658 g/mol. The molecule has 0 saturated carbocycles. The van der Waals surface area contributed by atoms with Gasteiger partial charge in [0.25, 0.3) is 0 Å². The van der Waals surface area contributed by atoms with Crippen molar-refractivity contribution in [1.29, 1.82) is 0 Å². The predicted molar refractivity (Wildman–Crippen MR) is 163 cm³/mol. The smallest absolute Gasteiger partial charge is 0.748 e. The largest absolute Gasteiger partial charge is 1.00 e. The zero-order valence-electron chi connectivity index (χ0n) is 26.0. The maximum atomic E-state index is 13.9. The topological polar surface area (TPSA) is 177 Å². The quantitative estimate of drug-likeness (QED) is 0.0314. The summed E-state index contributed by atoms with van der Waals surface area (Å²) in [4.78, 5) is 55.6. The zero-order chi connectivity index (χ0) is 32.1. The van der Waals surface area contributed by atoms with E-state index in [0.29, 0.717) is 17.6 Å². The number of nitrogens with zero attached hydrogens (tertiary/aromatic N) is 2. The number of carbonyl (C=O) groups is 2. The third-order valence-electron chi connectivity index (χ3n) is 7.49. The van der Waals surface area contributed by atoms with E-state index in [9.17, 15) is 37.4 Å². The number of benzene rings is 3. The number of aromatic nitrogens is 2. The van der Waals surface area contributed by atoms with Gasteiger partial charge in [-0.25, -0.2) is 8.42 Å². The molecule has 2 unspecified atom stereocenters. The van der Waals surface area contributed by atoms with Crippen LogP contribution in [0.4, 0.5) is 0 Å². The molecule has 0 N–H and O–H groups in total. The Hall–Kier alpha value is -1.92. The van der Waals surface area contributed by atoms with E-state index < -0.39 is 50.4 Å². The van der Waals surface area contributed by atoms with Crippen molar-refractivity contribution in [3.05, 3.63) is 80.1 Å². The van der Waals surface area contributed by atoms with E-state index in [0.717, 1.165) is 10.1 Å². The predicted octanol–water partition coefficient (Wildman–Crippen LogP) is -2.78. The van der Waals surface area contributed by atoms with Crippen molar-refractivity contribution >= 4 is 77.6 Å². The summed E-state index contributed by atoms with van der Waals surface area (Å²) in [6.45, 7) is 6.44. The summed E-state index contributed by atoms with van der Waals surface area (Å²) in [6.07, 6.45) is 0. The van der Waals surface area contributed by atoms with Gasteiger partial charge in [0.1, 0.15) is 0 Å². The molecule has 0 radical (unpaired) electrons. The van der Waals surface area contributed by atoms with Gasteiger partial charge < -0.3 is 9.81 Å². The van der Waals surface area contributed by atoms with E-state index in [-0.39, 0.29) is 108 Å². The van der Waals surface area contributed by atoms with Crippen LogP contribution < -0.4 is 75.2 Å². The number of hydrogen-bond acceptors (Lipinski definition) is 11. The van der Waals surface area contributed by atoms with Gasteiger partial charge in [0.05, 0.1) is 32.2 Å². The van der Waals surface area contributed by atoms with Gasteiger partial charge in [0, 0.05) is 56.9 Å². The molecule has 0 spiro atoms. The summed E-state index contributed by atoms with van der Waals surface area (Å²) < 4.78 is 41.4. The number of hydrogen-bond donors (Lipinski definition) is 0. The molecule has 46 heavy (non-hydrogen) atoms. The Morgan fingerprint density at radius 3 is 1.59 bits per heavy atom. The van der Waals surface area contributed by atoms with E-state index in [1.165, 1.54) is 23.6 Å². The number of fused-ring (bicyclic) bond motifs is 4. The van der Waals surface area contributed by atoms with Crippen LogP contribution in [0.15, 0.2) is 58.1 Å². The monoisotopic (exact) mass is 684 g/mol. The minimum atomic E-state index is -4.77. The van der Waals surface area contributed by atoms with Crippen LogP contribution in [0.1, 0.15) is 34.6 Å². The molecule has 0 aliphatic carbocycles. The van der Waals surface area contributed by atoms with E-state index in [1.807, 2.05) is 0 Å². The Labute approximate surface area is 311 Å². The Bertz CT molecular complexity index is 2250. The van der Waals surface area contributed by atoms with Gasteiger partial charge in [-0.1, -0.05) is 37.1 Å². The van der Waals surface area contributed by atoms with Crippen LogP contribution in [0.5, 0.6) is 0 Å². The Morgan fingerprint density at radius 1 is 0.761 bits per heavy atom. The van der Waals surface area contributed by atoms with Gasteiger partial charge in [-0.2, -0.15) is 4.33 Å². The second-order valence-electron chi connectivity index (χ2n) is 10.9. The molecule has 0 bridgehead atoms. The van der Waals surface area contributed by atoms with Crippen LogP contribution >= 0.6 is 12.0 Å². The molecule has 0 aliphatic heterocycles. The molecule has 12 nitrogen and oxygen atoms in total. The summed E-state index contributed by atoms with van der Waals surface area (Å²) in [5, 5.41) is 14.0. The number of rotatable bonds is 8. The van der Waals surface area contributed by atoms with Gasteiger partial charge in [-0.3, -0.25) is 33.4 Å². The van der Waals surface area contributed by atoms with Crippen molar-refractivity contribution in [3.63, 3.8) is 0 Å². The Balaban J connectivity index is 0.00000288. The molecule has 0 amide bonds. The third kappa shape index (κ3) is 7.38. The molecule has 0 saturated heterocycles. The Kier molecular flexibility index (Phi) is 12.6. The molecule has 2 atom stereocenters. The fourth-order valence-corrected chi connectivity index (χ4v) is 6.62. The van der Waals surface area contributed by atoms with Crippen LogP contribution in [0.25, 0.3) is 43.6 Å². The molecule has 2 heterocycles. The van der Waals surface area contributed by atoms with Crippen molar-refractivity contribution in [3.8, 4) is 0 Å². The van der Waals surface area contributed by atoms with Crippen LogP contribution in [-0.2, 0) is 19.5 Å². The van der Waals surface area contributed by atoms with Crippen molar-refractivity contribution in [2.24, 2.45) is 11.8 Å². The van der Waals surface area contributed by atoms with Crippen molar-refractivity contribution in [2.45, 2.75) is 27.7 Å². The van der Waals surface area contributed by atoms with Crippen LogP contribution in [0, 0.1) is 25.7 Å². The van der Waals surface area contributed by atoms with Crippen LogP contribution in [-0.4, -0.2) is 45.4 Å². The maximum absolute atomic E-state index is 13.9. The third-order valence-corrected chi connectivity index (χ3v) is 9.19. The van der Waals surface area contributed by atoms with Crippen molar-refractivity contribution in [1.82, 2.24) is 9.13 Å². The first-order valence-electron chi connectivity index (χ1n) is 13.4. The number of carbonyl (C=O) groups excluding carboxylic acids is 2. The standard InChI is InChI=1S/C30H28N2O10S2.2Na/c1-15-5-7-23-19(9-15)27(33)21-12-26-22(11-25(21)31(23)29(35)17(3)13-43-42-41-37)28(34)20-10-16(2)6-8-24(20)32(26)30(36)18(4)14-44(38,39)40;;/h5-12,17-18,37H,13-14H2,1-4H3,(H,38,39,40);;/q;2*+1/p-2. The van der Waals surface area contributed by atoms with E-state index in [4.69, 9.17) is 0 Å². The minimum absolute atomic E-state index is 0. The first-order valence-corrected chi connectivity index (χ1v) is 15.9. The average molecular weight is 685 g/mol. The van der Waals surface area contributed by atoms with Gasteiger partial charge in [0.2, 0.25) is 11.8 Å². The minimum Gasteiger partial charge on any atom is -0.748 e. The first-order chi connectivity index (χ1) is 20.7. The first kappa shape index (κ1) is 38.5. The van der Waals surface area contributed by atoms with Gasteiger partial charge in [-0.15, -0.1) is 0 Å². The molecule has 5 rings (SSSR count). The molecule has 2 aromatic heterocycles. The second-order valence-corrected chi connectivity index (χ2v) is 13.0. The summed E-state index contributed by atoms with van der Waals surface area (Å²) >= 11 is 0.634. The molecule has 0 fully saturated rings. The fraction of sp³-hybridized carbons (Fsp3) is 0.267. The molecule has 230 valence electrons.